The highest BCUT2D eigenvalue weighted by atomic mass is 35.5. The largest absolute Gasteiger partial charge is 0.416 e. The zero-order chi connectivity index (χ0) is 12.5. The van der Waals surface area contributed by atoms with Crippen LogP contribution in [-0.2, 0) is 6.18 Å². The number of nitrogens with one attached hydrogen (secondary N) is 1. The molecule has 3 nitrogen and oxygen atoms in total. The summed E-state index contributed by atoms with van der Waals surface area (Å²) < 4.78 is 38.4. The number of alkyl halides is 3. The molecule has 1 aromatic rings. The average molecular weight is 280 g/mol. The maximum atomic E-state index is 12.8. The highest BCUT2D eigenvalue weighted by Crippen LogP contribution is 2.35. The van der Waals surface area contributed by atoms with Gasteiger partial charge in [0.15, 0.2) is 5.96 Å². The Labute approximate surface area is 109 Å². The second kappa shape index (κ2) is 5.48. The Kier molecular flexibility index (Phi) is 4.45. The van der Waals surface area contributed by atoms with Crippen molar-refractivity contribution in [3.8, 4) is 0 Å². The molecule has 0 aromatic heterocycles. The Morgan fingerprint density at radius 1 is 1.28 bits per heavy atom. The van der Waals surface area contributed by atoms with E-state index in [2.05, 4.69) is 10.3 Å². The second-order valence-electron chi connectivity index (χ2n) is 3.84. The van der Waals surface area contributed by atoms with Crippen LogP contribution in [0.15, 0.2) is 29.3 Å². The molecule has 3 N–H and O–H groups in total. The molecule has 0 radical (unpaired) electrons. The molecule has 1 aliphatic rings. The van der Waals surface area contributed by atoms with Crippen molar-refractivity contribution < 1.29 is 13.2 Å². The van der Waals surface area contributed by atoms with Crippen molar-refractivity contribution in [1.29, 1.82) is 0 Å². The predicted molar refractivity (Wildman–Crippen MR) is 65.7 cm³/mol. The molecule has 18 heavy (non-hydrogen) atoms. The Hall–Kier alpha value is -1.43. The zero-order valence-corrected chi connectivity index (χ0v) is 10.2. The first-order chi connectivity index (χ1) is 7.98. The lowest BCUT2D eigenvalue weighted by Crippen LogP contribution is -2.39. The Morgan fingerprint density at radius 2 is 1.94 bits per heavy atom. The van der Waals surface area contributed by atoms with Gasteiger partial charge in [-0.25, -0.2) is 0 Å². The lowest BCUT2D eigenvalue weighted by molar-refractivity contribution is -0.138. The fourth-order valence-corrected chi connectivity index (χ4v) is 1.90. The van der Waals surface area contributed by atoms with Gasteiger partial charge in [-0.15, -0.1) is 12.4 Å². The van der Waals surface area contributed by atoms with Crippen LogP contribution in [0.1, 0.15) is 23.6 Å². The number of hydrogen-bond donors (Lipinski definition) is 2. The third-order valence-corrected chi connectivity index (χ3v) is 2.66. The van der Waals surface area contributed by atoms with Crippen LogP contribution in [0.2, 0.25) is 0 Å². The van der Waals surface area contributed by atoms with E-state index in [0.717, 1.165) is 6.07 Å². The van der Waals surface area contributed by atoms with E-state index >= 15 is 0 Å². The van der Waals surface area contributed by atoms with Gasteiger partial charge in [-0.3, -0.25) is 4.99 Å². The summed E-state index contributed by atoms with van der Waals surface area (Å²) in [6.07, 6.45) is -3.84. The van der Waals surface area contributed by atoms with Crippen LogP contribution in [0.25, 0.3) is 0 Å². The summed E-state index contributed by atoms with van der Waals surface area (Å²) >= 11 is 0. The minimum Gasteiger partial charge on any atom is -0.370 e. The van der Waals surface area contributed by atoms with Crippen molar-refractivity contribution >= 4 is 18.4 Å². The number of halogens is 4. The molecule has 2 rings (SSSR count). The summed E-state index contributed by atoms with van der Waals surface area (Å²) in [5.74, 6) is 0.193. The number of rotatable bonds is 1. The summed E-state index contributed by atoms with van der Waals surface area (Å²) in [5, 5.41) is 2.77. The third kappa shape index (κ3) is 3.07. The number of nitrogens with zero attached hydrogens (tertiary/aromatic N) is 1. The molecule has 0 spiro atoms. The van der Waals surface area contributed by atoms with Crippen LogP contribution in [0, 0.1) is 0 Å². The SMILES string of the molecule is Cl.NC1=NCCC(c2ccccc2C(F)(F)F)N1. The standard InChI is InChI=1S/C11H12F3N3.ClH/c12-11(13,14)8-4-2-1-3-7(8)9-5-6-16-10(15)17-9;/h1-4,9H,5-6H2,(H3,15,16,17);1H. The van der Waals surface area contributed by atoms with Crippen molar-refractivity contribution in [3.05, 3.63) is 35.4 Å². The maximum absolute atomic E-state index is 12.8. The number of hydrogen-bond acceptors (Lipinski definition) is 3. The summed E-state index contributed by atoms with van der Waals surface area (Å²) in [6.45, 7) is 0.440. The summed E-state index contributed by atoms with van der Waals surface area (Å²) in [4.78, 5) is 3.90. The number of nitrogens with two attached hydrogens (primary N) is 1. The van der Waals surface area contributed by atoms with E-state index < -0.39 is 17.8 Å². The first-order valence-corrected chi connectivity index (χ1v) is 5.21. The van der Waals surface area contributed by atoms with Crippen LogP contribution < -0.4 is 11.1 Å². The van der Waals surface area contributed by atoms with Crippen LogP contribution in [0.5, 0.6) is 0 Å². The molecule has 0 fully saturated rings. The van der Waals surface area contributed by atoms with Crippen LogP contribution in [-0.4, -0.2) is 12.5 Å². The van der Waals surface area contributed by atoms with Gasteiger partial charge in [0.1, 0.15) is 0 Å². The summed E-state index contributed by atoms with van der Waals surface area (Å²) in [5.41, 5.74) is 5.08. The minimum absolute atomic E-state index is 0. The molecule has 0 bridgehead atoms. The predicted octanol–water partition coefficient (Wildman–Crippen LogP) is 2.48. The van der Waals surface area contributed by atoms with Crippen molar-refractivity contribution in [1.82, 2.24) is 5.32 Å². The van der Waals surface area contributed by atoms with Gasteiger partial charge in [-0.05, 0) is 18.1 Å². The average Bonchev–Trinajstić information content (AvgIpc) is 2.28. The van der Waals surface area contributed by atoms with Gasteiger partial charge in [0.2, 0.25) is 0 Å². The van der Waals surface area contributed by atoms with Gasteiger partial charge in [-0.2, -0.15) is 13.2 Å². The van der Waals surface area contributed by atoms with Crippen molar-refractivity contribution in [3.63, 3.8) is 0 Å². The van der Waals surface area contributed by atoms with Gasteiger partial charge in [0.25, 0.3) is 0 Å². The highest BCUT2D eigenvalue weighted by molar-refractivity contribution is 5.85. The lowest BCUT2D eigenvalue weighted by Gasteiger charge is -2.25. The van der Waals surface area contributed by atoms with E-state index in [4.69, 9.17) is 5.73 Å². The van der Waals surface area contributed by atoms with Gasteiger partial charge < -0.3 is 11.1 Å². The molecule has 100 valence electrons. The molecule has 1 aromatic carbocycles. The first-order valence-electron chi connectivity index (χ1n) is 5.21. The molecule has 0 aliphatic carbocycles. The summed E-state index contributed by atoms with van der Waals surface area (Å²) in [7, 11) is 0. The summed E-state index contributed by atoms with van der Waals surface area (Å²) in [6, 6.07) is 5.10. The smallest absolute Gasteiger partial charge is 0.370 e. The Morgan fingerprint density at radius 3 is 2.56 bits per heavy atom. The molecule has 1 atom stereocenters. The molecule has 1 aliphatic heterocycles. The quantitative estimate of drug-likeness (QED) is 0.830. The number of guanidine groups is 1. The minimum atomic E-state index is -4.35. The Balaban J connectivity index is 0.00000162. The van der Waals surface area contributed by atoms with Crippen LogP contribution in [0.3, 0.4) is 0 Å². The maximum Gasteiger partial charge on any atom is 0.416 e. The molecule has 0 saturated carbocycles. The van der Waals surface area contributed by atoms with Crippen molar-refractivity contribution in [2.75, 3.05) is 6.54 Å². The monoisotopic (exact) mass is 279 g/mol. The van der Waals surface area contributed by atoms with E-state index in [0.29, 0.717) is 13.0 Å². The van der Waals surface area contributed by atoms with E-state index in [1.54, 1.807) is 6.07 Å². The van der Waals surface area contributed by atoms with E-state index in [9.17, 15) is 13.2 Å². The molecule has 0 saturated heterocycles. The van der Waals surface area contributed by atoms with Gasteiger partial charge >= 0.3 is 6.18 Å². The zero-order valence-electron chi connectivity index (χ0n) is 9.37. The fraction of sp³-hybridized carbons (Fsp3) is 0.364. The van der Waals surface area contributed by atoms with Crippen LogP contribution in [0.4, 0.5) is 13.2 Å². The molecule has 7 heteroatoms. The van der Waals surface area contributed by atoms with Gasteiger partial charge in [0, 0.05) is 6.54 Å². The van der Waals surface area contributed by atoms with Gasteiger partial charge in [-0.1, -0.05) is 18.2 Å². The van der Waals surface area contributed by atoms with E-state index in [1.165, 1.54) is 12.1 Å². The topological polar surface area (TPSA) is 50.4 Å². The fourth-order valence-electron chi connectivity index (χ4n) is 1.90. The lowest BCUT2D eigenvalue weighted by atomic mass is 9.97. The van der Waals surface area contributed by atoms with Crippen LogP contribution >= 0.6 is 12.4 Å². The normalized spacial score (nSPS) is 19.5. The molecule has 1 heterocycles. The molecule has 0 amide bonds. The van der Waals surface area contributed by atoms with E-state index in [1.807, 2.05) is 0 Å². The number of benzene rings is 1. The van der Waals surface area contributed by atoms with E-state index in [-0.39, 0.29) is 23.9 Å². The Bertz CT molecular complexity index is 445. The second-order valence-corrected chi connectivity index (χ2v) is 3.84. The third-order valence-electron chi connectivity index (χ3n) is 2.66. The highest BCUT2D eigenvalue weighted by Gasteiger charge is 2.35. The molecule has 1 unspecified atom stereocenters. The van der Waals surface area contributed by atoms with Gasteiger partial charge in [0.05, 0.1) is 11.6 Å². The molecular weight excluding hydrogens is 267 g/mol. The number of aliphatic imine (C=N–C) groups is 1. The van der Waals surface area contributed by atoms with Crippen molar-refractivity contribution in [2.45, 2.75) is 18.6 Å². The van der Waals surface area contributed by atoms with Crippen molar-refractivity contribution in [2.24, 2.45) is 10.7 Å². The first kappa shape index (κ1) is 14.6. The molecular formula is C11H13ClF3N3.